The first-order chi connectivity index (χ1) is 10.6. The average molecular weight is 295 g/mol. The topological polar surface area (TPSA) is 69.4 Å². The number of hydrogen-bond donors (Lipinski definition) is 0. The number of benzene rings is 2. The van der Waals surface area contributed by atoms with E-state index in [4.69, 9.17) is 4.74 Å². The van der Waals surface area contributed by atoms with E-state index in [1.807, 2.05) is 30.3 Å². The van der Waals surface area contributed by atoms with Crippen LogP contribution in [-0.4, -0.2) is 10.9 Å². The van der Waals surface area contributed by atoms with Crippen molar-refractivity contribution in [3.63, 3.8) is 0 Å². The Balaban J connectivity index is 1.99. The van der Waals surface area contributed by atoms with Gasteiger partial charge in [0, 0.05) is 17.7 Å². The van der Waals surface area contributed by atoms with Gasteiger partial charge in [-0.1, -0.05) is 36.9 Å². The Morgan fingerprint density at radius 1 is 1.00 bits per heavy atom. The standard InChI is InChI=1S/C17H13NO4/c1-11-15(12-5-3-2-4-6-12)16(22-17(11)19)13-7-9-14(10-8-13)18(20)21/h2-10,15-16H,1H2/t15-,16+/m0/s1. The fourth-order valence-electron chi connectivity index (χ4n) is 2.65. The van der Waals surface area contributed by atoms with Crippen molar-refractivity contribution in [2.24, 2.45) is 0 Å². The first kappa shape index (κ1) is 14.0. The van der Waals surface area contributed by atoms with Crippen LogP contribution in [0.3, 0.4) is 0 Å². The largest absolute Gasteiger partial charge is 0.453 e. The predicted octanol–water partition coefficient (Wildman–Crippen LogP) is 3.53. The highest BCUT2D eigenvalue weighted by molar-refractivity contribution is 5.92. The Hall–Kier alpha value is -2.95. The van der Waals surface area contributed by atoms with Gasteiger partial charge in [0.25, 0.3) is 5.69 Å². The predicted molar refractivity (Wildman–Crippen MR) is 80.3 cm³/mol. The second kappa shape index (κ2) is 5.44. The van der Waals surface area contributed by atoms with Crippen molar-refractivity contribution in [3.05, 3.63) is 88.0 Å². The number of nitro benzene ring substituents is 1. The van der Waals surface area contributed by atoms with Gasteiger partial charge in [-0.3, -0.25) is 10.1 Å². The van der Waals surface area contributed by atoms with Gasteiger partial charge < -0.3 is 4.74 Å². The summed E-state index contributed by atoms with van der Waals surface area (Å²) in [7, 11) is 0. The molecule has 1 aliphatic rings. The minimum Gasteiger partial charge on any atom is -0.453 e. The number of carbonyl (C=O) groups excluding carboxylic acids is 1. The number of cyclic esters (lactones) is 1. The molecule has 1 fully saturated rings. The van der Waals surface area contributed by atoms with Gasteiger partial charge in [0.1, 0.15) is 6.10 Å². The summed E-state index contributed by atoms with van der Waals surface area (Å²) < 4.78 is 5.42. The van der Waals surface area contributed by atoms with Crippen molar-refractivity contribution in [3.8, 4) is 0 Å². The van der Waals surface area contributed by atoms with E-state index in [0.29, 0.717) is 11.1 Å². The number of nitrogens with zero attached hydrogens (tertiary/aromatic N) is 1. The van der Waals surface area contributed by atoms with Crippen molar-refractivity contribution < 1.29 is 14.5 Å². The molecule has 2 aromatic carbocycles. The van der Waals surface area contributed by atoms with Crippen molar-refractivity contribution in [2.75, 3.05) is 0 Å². The van der Waals surface area contributed by atoms with E-state index in [1.165, 1.54) is 12.1 Å². The number of rotatable bonds is 3. The summed E-state index contributed by atoms with van der Waals surface area (Å²) >= 11 is 0. The molecule has 0 amide bonds. The monoisotopic (exact) mass is 295 g/mol. The summed E-state index contributed by atoms with van der Waals surface area (Å²) in [6, 6.07) is 15.5. The zero-order valence-corrected chi connectivity index (χ0v) is 11.6. The van der Waals surface area contributed by atoms with E-state index in [2.05, 4.69) is 6.58 Å². The molecule has 0 N–H and O–H groups in total. The van der Waals surface area contributed by atoms with Crippen LogP contribution in [0.5, 0.6) is 0 Å². The van der Waals surface area contributed by atoms with Gasteiger partial charge >= 0.3 is 5.97 Å². The maximum atomic E-state index is 11.9. The van der Waals surface area contributed by atoms with Crippen LogP contribution in [0.1, 0.15) is 23.1 Å². The molecular formula is C17H13NO4. The minimum absolute atomic E-state index is 0.00293. The maximum Gasteiger partial charge on any atom is 0.334 e. The van der Waals surface area contributed by atoms with Crippen molar-refractivity contribution >= 4 is 11.7 Å². The Bertz CT molecular complexity index is 737. The fourth-order valence-corrected chi connectivity index (χ4v) is 2.65. The third kappa shape index (κ3) is 2.37. The third-order valence-electron chi connectivity index (χ3n) is 3.77. The second-order valence-electron chi connectivity index (χ2n) is 5.09. The molecule has 0 radical (unpaired) electrons. The van der Waals surface area contributed by atoms with E-state index < -0.39 is 17.0 Å². The molecular weight excluding hydrogens is 282 g/mol. The van der Waals surface area contributed by atoms with Crippen LogP contribution < -0.4 is 0 Å². The quantitative estimate of drug-likeness (QED) is 0.376. The summed E-state index contributed by atoms with van der Waals surface area (Å²) in [5, 5.41) is 10.7. The second-order valence-corrected chi connectivity index (χ2v) is 5.09. The fraction of sp³-hybridized carbons (Fsp3) is 0.118. The van der Waals surface area contributed by atoms with Gasteiger partial charge in [0.05, 0.1) is 10.8 Å². The van der Waals surface area contributed by atoms with Crippen LogP contribution in [0, 0.1) is 10.1 Å². The molecule has 0 spiro atoms. The molecule has 110 valence electrons. The molecule has 1 saturated heterocycles. The smallest absolute Gasteiger partial charge is 0.334 e. The van der Waals surface area contributed by atoms with Crippen LogP contribution in [-0.2, 0) is 9.53 Å². The Kier molecular flexibility index (Phi) is 3.47. The van der Waals surface area contributed by atoms with Crippen LogP contribution in [0.25, 0.3) is 0 Å². The number of hydrogen-bond acceptors (Lipinski definition) is 4. The third-order valence-corrected chi connectivity index (χ3v) is 3.77. The lowest BCUT2D eigenvalue weighted by atomic mass is 9.86. The van der Waals surface area contributed by atoms with Gasteiger partial charge in [0.15, 0.2) is 0 Å². The molecule has 0 aliphatic carbocycles. The summed E-state index contributed by atoms with van der Waals surface area (Å²) in [6.45, 7) is 3.83. The molecule has 0 aromatic heterocycles. The molecule has 22 heavy (non-hydrogen) atoms. The molecule has 1 heterocycles. The van der Waals surface area contributed by atoms with Gasteiger partial charge in [0.2, 0.25) is 0 Å². The van der Waals surface area contributed by atoms with Crippen molar-refractivity contribution in [1.82, 2.24) is 0 Å². The molecule has 0 bridgehead atoms. The number of esters is 1. The zero-order valence-electron chi connectivity index (χ0n) is 11.6. The van der Waals surface area contributed by atoms with Crippen LogP contribution in [0.2, 0.25) is 0 Å². The van der Waals surface area contributed by atoms with Crippen LogP contribution >= 0.6 is 0 Å². The average Bonchev–Trinajstić information content (AvgIpc) is 2.84. The molecule has 1 aliphatic heterocycles. The summed E-state index contributed by atoms with van der Waals surface area (Å²) in [5.74, 6) is -0.715. The lowest BCUT2D eigenvalue weighted by Gasteiger charge is -2.18. The molecule has 0 saturated carbocycles. The highest BCUT2D eigenvalue weighted by Gasteiger charge is 2.40. The Morgan fingerprint density at radius 3 is 2.23 bits per heavy atom. The van der Waals surface area contributed by atoms with Gasteiger partial charge in [-0.15, -0.1) is 0 Å². The lowest BCUT2D eigenvalue weighted by Crippen LogP contribution is -2.07. The normalized spacial score (nSPS) is 20.7. The summed E-state index contributed by atoms with van der Waals surface area (Å²) in [6.07, 6.45) is -0.511. The van der Waals surface area contributed by atoms with Crippen LogP contribution in [0.15, 0.2) is 66.7 Å². The van der Waals surface area contributed by atoms with Crippen molar-refractivity contribution in [2.45, 2.75) is 12.0 Å². The molecule has 3 rings (SSSR count). The number of ether oxygens (including phenoxy) is 1. The molecule has 5 nitrogen and oxygen atoms in total. The Morgan fingerprint density at radius 2 is 1.64 bits per heavy atom. The van der Waals surface area contributed by atoms with E-state index in [9.17, 15) is 14.9 Å². The first-order valence-corrected chi connectivity index (χ1v) is 6.77. The van der Waals surface area contributed by atoms with Gasteiger partial charge in [-0.25, -0.2) is 4.79 Å². The van der Waals surface area contributed by atoms with Gasteiger partial charge in [-0.2, -0.15) is 0 Å². The lowest BCUT2D eigenvalue weighted by molar-refractivity contribution is -0.384. The maximum absolute atomic E-state index is 11.9. The first-order valence-electron chi connectivity index (χ1n) is 6.77. The van der Waals surface area contributed by atoms with Crippen LogP contribution in [0.4, 0.5) is 5.69 Å². The highest BCUT2D eigenvalue weighted by atomic mass is 16.6. The molecule has 2 atom stereocenters. The van der Waals surface area contributed by atoms with Gasteiger partial charge in [-0.05, 0) is 23.3 Å². The minimum atomic E-state index is -0.511. The SMILES string of the molecule is C=C1C(=O)O[C@H](c2ccc([N+](=O)[O-])cc2)[C@@H]1c1ccccc1. The zero-order chi connectivity index (χ0) is 15.7. The molecule has 2 aromatic rings. The summed E-state index contributed by atoms with van der Waals surface area (Å²) in [4.78, 5) is 22.2. The summed E-state index contributed by atoms with van der Waals surface area (Å²) in [5.41, 5.74) is 2.05. The van der Waals surface area contributed by atoms with E-state index in [0.717, 1.165) is 5.56 Å². The highest BCUT2D eigenvalue weighted by Crippen LogP contribution is 2.45. The number of nitro groups is 1. The number of carbonyl (C=O) groups is 1. The molecule has 5 heteroatoms. The van der Waals surface area contributed by atoms with Crippen molar-refractivity contribution in [1.29, 1.82) is 0 Å². The van der Waals surface area contributed by atoms with E-state index in [-0.39, 0.29) is 11.6 Å². The van der Waals surface area contributed by atoms with E-state index in [1.54, 1.807) is 12.1 Å². The molecule has 0 unspecified atom stereocenters. The van der Waals surface area contributed by atoms with E-state index >= 15 is 0 Å². The number of non-ortho nitro benzene ring substituents is 1. The Labute approximate surface area is 127 Å².